The summed E-state index contributed by atoms with van der Waals surface area (Å²) >= 11 is 8.01. The molecule has 0 spiro atoms. The SMILES string of the molecule is COc1cc(C=C(NC(=O)c2ccccc2)C(=O)O)cc(I)c1OCc1ccc(Cl)cc1. The van der Waals surface area contributed by atoms with Crippen LogP contribution < -0.4 is 14.8 Å². The van der Waals surface area contributed by atoms with Gasteiger partial charge in [0.25, 0.3) is 5.91 Å². The fraction of sp³-hybridized carbons (Fsp3) is 0.0833. The molecule has 2 N–H and O–H groups in total. The predicted molar refractivity (Wildman–Crippen MR) is 131 cm³/mol. The standard InChI is InChI=1S/C24H19ClINO5/c1-31-21-13-16(11-19(26)22(21)32-14-15-7-9-18(25)10-8-15)12-20(24(29)30)27-23(28)17-5-3-2-4-6-17/h2-13H,14H2,1H3,(H,27,28)(H,29,30). The number of benzene rings is 3. The third kappa shape index (κ3) is 6.24. The van der Waals surface area contributed by atoms with E-state index in [0.717, 1.165) is 9.13 Å². The summed E-state index contributed by atoms with van der Waals surface area (Å²) < 4.78 is 12.1. The first-order chi connectivity index (χ1) is 15.4. The number of halogens is 2. The van der Waals surface area contributed by atoms with Gasteiger partial charge in [0.1, 0.15) is 12.3 Å². The van der Waals surface area contributed by atoms with Crippen molar-refractivity contribution >= 4 is 52.1 Å². The third-order valence-electron chi connectivity index (χ3n) is 4.37. The molecule has 32 heavy (non-hydrogen) atoms. The van der Waals surface area contributed by atoms with Gasteiger partial charge in [-0.25, -0.2) is 4.79 Å². The van der Waals surface area contributed by atoms with E-state index in [9.17, 15) is 14.7 Å². The molecule has 6 nitrogen and oxygen atoms in total. The summed E-state index contributed by atoms with van der Waals surface area (Å²) in [5.41, 5.74) is 1.58. The van der Waals surface area contributed by atoms with E-state index in [-0.39, 0.29) is 5.70 Å². The van der Waals surface area contributed by atoms with E-state index in [1.165, 1.54) is 13.2 Å². The van der Waals surface area contributed by atoms with E-state index in [0.29, 0.717) is 34.3 Å². The molecular weight excluding hydrogens is 545 g/mol. The molecule has 164 valence electrons. The lowest BCUT2D eigenvalue weighted by atomic mass is 10.1. The van der Waals surface area contributed by atoms with Crippen molar-refractivity contribution in [2.45, 2.75) is 6.61 Å². The topological polar surface area (TPSA) is 84.9 Å². The number of ether oxygens (including phenoxy) is 2. The summed E-state index contributed by atoms with van der Waals surface area (Å²) in [7, 11) is 1.50. The maximum atomic E-state index is 12.4. The zero-order valence-corrected chi connectivity index (χ0v) is 19.9. The Bertz CT molecular complexity index is 1150. The third-order valence-corrected chi connectivity index (χ3v) is 5.43. The van der Waals surface area contributed by atoms with Gasteiger partial charge < -0.3 is 19.9 Å². The Morgan fingerprint density at radius 1 is 1.09 bits per heavy atom. The van der Waals surface area contributed by atoms with Crippen LogP contribution in [0.2, 0.25) is 5.02 Å². The minimum atomic E-state index is -1.26. The molecule has 8 heteroatoms. The van der Waals surface area contributed by atoms with E-state index in [1.54, 1.807) is 54.6 Å². The van der Waals surface area contributed by atoms with E-state index in [2.05, 4.69) is 27.9 Å². The lowest BCUT2D eigenvalue weighted by molar-refractivity contribution is -0.132. The van der Waals surface area contributed by atoms with Crippen molar-refractivity contribution < 1.29 is 24.2 Å². The molecule has 0 saturated heterocycles. The normalized spacial score (nSPS) is 11.0. The van der Waals surface area contributed by atoms with Crippen LogP contribution in [0.3, 0.4) is 0 Å². The number of hydrogen-bond donors (Lipinski definition) is 2. The maximum absolute atomic E-state index is 12.4. The Hall–Kier alpha value is -3.04. The molecule has 3 rings (SSSR count). The highest BCUT2D eigenvalue weighted by molar-refractivity contribution is 14.1. The number of carbonyl (C=O) groups is 2. The highest BCUT2D eigenvalue weighted by Crippen LogP contribution is 2.35. The molecule has 0 heterocycles. The van der Waals surface area contributed by atoms with Crippen LogP contribution in [-0.4, -0.2) is 24.1 Å². The molecule has 0 bridgehead atoms. The first kappa shape index (κ1) is 23.6. The van der Waals surface area contributed by atoms with Crippen molar-refractivity contribution in [3.63, 3.8) is 0 Å². The Morgan fingerprint density at radius 2 is 1.78 bits per heavy atom. The molecule has 0 atom stereocenters. The number of nitrogens with one attached hydrogen (secondary N) is 1. The number of rotatable bonds is 8. The van der Waals surface area contributed by atoms with Crippen molar-refractivity contribution in [1.82, 2.24) is 5.32 Å². The van der Waals surface area contributed by atoms with E-state index in [1.807, 2.05) is 12.1 Å². The molecule has 0 unspecified atom stereocenters. The van der Waals surface area contributed by atoms with Crippen molar-refractivity contribution in [3.8, 4) is 11.5 Å². The number of amides is 1. The summed E-state index contributed by atoms with van der Waals surface area (Å²) in [6.07, 6.45) is 1.37. The van der Waals surface area contributed by atoms with Gasteiger partial charge in [-0.05, 0) is 76.2 Å². The fourth-order valence-electron chi connectivity index (χ4n) is 2.80. The van der Waals surface area contributed by atoms with Crippen LogP contribution >= 0.6 is 34.2 Å². The number of carboxylic acid groups (broad SMARTS) is 1. The summed E-state index contributed by atoms with van der Waals surface area (Å²) in [6, 6.07) is 19.1. The van der Waals surface area contributed by atoms with Gasteiger partial charge in [0.05, 0.1) is 10.7 Å². The smallest absolute Gasteiger partial charge is 0.352 e. The van der Waals surface area contributed by atoms with Crippen LogP contribution in [0.15, 0.2) is 72.4 Å². The zero-order valence-electron chi connectivity index (χ0n) is 17.0. The Balaban J connectivity index is 1.83. The van der Waals surface area contributed by atoms with Gasteiger partial charge in [0.2, 0.25) is 0 Å². The molecule has 0 aliphatic carbocycles. The molecule has 0 aromatic heterocycles. The van der Waals surface area contributed by atoms with E-state index in [4.69, 9.17) is 21.1 Å². The second kappa shape index (κ2) is 11.0. The minimum absolute atomic E-state index is 0.258. The molecule has 0 aliphatic heterocycles. The summed E-state index contributed by atoms with van der Waals surface area (Å²) in [5.74, 6) is -0.795. The molecule has 3 aromatic rings. The first-order valence-corrected chi connectivity index (χ1v) is 10.9. The van der Waals surface area contributed by atoms with Gasteiger partial charge in [-0.2, -0.15) is 0 Å². The molecular formula is C24H19ClINO5. The monoisotopic (exact) mass is 563 g/mol. The molecule has 0 fully saturated rings. The average Bonchev–Trinajstić information content (AvgIpc) is 2.79. The van der Waals surface area contributed by atoms with Gasteiger partial charge in [0, 0.05) is 10.6 Å². The van der Waals surface area contributed by atoms with Crippen molar-refractivity contribution in [3.05, 3.63) is 97.7 Å². The molecule has 3 aromatic carbocycles. The van der Waals surface area contributed by atoms with Gasteiger partial charge in [-0.1, -0.05) is 41.9 Å². The summed E-state index contributed by atoms with van der Waals surface area (Å²) in [4.78, 5) is 24.1. The number of aliphatic carboxylic acids is 1. The fourth-order valence-corrected chi connectivity index (χ4v) is 3.71. The largest absolute Gasteiger partial charge is 0.493 e. The number of hydrogen-bond acceptors (Lipinski definition) is 4. The Morgan fingerprint density at radius 3 is 2.41 bits per heavy atom. The van der Waals surface area contributed by atoms with Crippen LogP contribution in [0, 0.1) is 3.57 Å². The van der Waals surface area contributed by atoms with Crippen molar-refractivity contribution in [2.75, 3.05) is 7.11 Å². The average molecular weight is 564 g/mol. The van der Waals surface area contributed by atoms with Crippen molar-refractivity contribution in [2.24, 2.45) is 0 Å². The second-order valence-electron chi connectivity index (χ2n) is 6.63. The predicted octanol–water partition coefficient (Wildman–Crippen LogP) is 5.39. The highest BCUT2D eigenvalue weighted by Gasteiger charge is 2.16. The number of methoxy groups -OCH3 is 1. The maximum Gasteiger partial charge on any atom is 0.352 e. The highest BCUT2D eigenvalue weighted by atomic mass is 127. The minimum Gasteiger partial charge on any atom is -0.493 e. The van der Waals surface area contributed by atoms with Crippen LogP contribution in [0.25, 0.3) is 6.08 Å². The first-order valence-electron chi connectivity index (χ1n) is 9.43. The Kier molecular flexibility index (Phi) is 8.13. The molecule has 0 aliphatic rings. The lowest BCUT2D eigenvalue weighted by Gasteiger charge is -2.14. The van der Waals surface area contributed by atoms with Crippen LogP contribution in [0.4, 0.5) is 0 Å². The summed E-state index contributed by atoms with van der Waals surface area (Å²) in [5, 5.41) is 12.6. The van der Waals surface area contributed by atoms with Crippen LogP contribution in [0.1, 0.15) is 21.5 Å². The lowest BCUT2D eigenvalue weighted by Crippen LogP contribution is -2.27. The van der Waals surface area contributed by atoms with Gasteiger partial charge in [-0.15, -0.1) is 0 Å². The molecule has 1 amide bonds. The molecule has 0 radical (unpaired) electrons. The zero-order chi connectivity index (χ0) is 23.1. The number of carboxylic acids is 1. The van der Waals surface area contributed by atoms with Gasteiger partial charge in [0.15, 0.2) is 11.5 Å². The van der Waals surface area contributed by atoms with Crippen LogP contribution in [0.5, 0.6) is 11.5 Å². The van der Waals surface area contributed by atoms with Gasteiger partial charge in [-0.3, -0.25) is 4.79 Å². The quantitative estimate of drug-likeness (QED) is 0.284. The van der Waals surface area contributed by atoms with E-state index >= 15 is 0 Å². The van der Waals surface area contributed by atoms with Crippen molar-refractivity contribution in [1.29, 1.82) is 0 Å². The van der Waals surface area contributed by atoms with Crippen LogP contribution in [-0.2, 0) is 11.4 Å². The Labute approximate surface area is 204 Å². The second-order valence-corrected chi connectivity index (χ2v) is 8.23. The molecule has 0 saturated carbocycles. The van der Waals surface area contributed by atoms with E-state index < -0.39 is 11.9 Å². The summed E-state index contributed by atoms with van der Waals surface area (Å²) in [6.45, 7) is 0.312. The van der Waals surface area contributed by atoms with Gasteiger partial charge >= 0.3 is 5.97 Å². The number of carbonyl (C=O) groups excluding carboxylic acids is 1.